The van der Waals surface area contributed by atoms with Crippen molar-refractivity contribution in [1.29, 1.82) is 0 Å². The van der Waals surface area contributed by atoms with Crippen LogP contribution in [0.3, 0.4) is 0 Å². The van der Waals surface area contributed by atoms with E-state index in [4.69, 9.17) is 4.42 Å². The van der Waals surface area contributed by atoms with Crippen molar-refractivity contribution < 1.29 is 39.1 Å². The zero-order valence-corrected chi connectivity index (χ0v) is 10.2. The van der Waals surface area contributed by atoms with Gasteiger partial charge in [0.25, 0.3) is 0 Å². The average Bonchev–Trinajstić information content (AvgIpc) is 2.59. The summed E-state index contributed by atoms with van der Waals surface area (Å²) in [5.74, 6) is 0.399. The molecule has 2 aromatic rings. The van der Waals surface area contributed by atoms with E-state index in [1.54, 1.807) is 6.92 Å². The second kappa shape index (κ2) is 4.64. The van der Waals surface area contributed by atoms with Crippen LogP contribution in [0.25, 0.3) is 16.7 Å². The van der Waals surface area contributed by atoms with Crippen LogP contribution in [-0.4, -0.2) is 4.98 Å². The SMILES string of the molecule is C/C(=C\[O-])c1nc2ccccc2o1.[Na+]. The van der Waals surface area contributed by atoms with E-state index in [-0.39, 0.29) is 29.6 Å². The fraction of sp³-hybridized carbons (Fsp3) is 0.100. The number of hydrogen-bond acceptors (Lipinski definition) is 3. The number of benzene rings is 1. The summed E-state index contributed by atoms with van der Waals surface area (Å²) >= 11 is 0. The second-order valence-corrected chi connectivity index (χ2v) is 2.79. The van der Waals surface area contributed by atoms with E-state index in [0.29, 0.717) is 17.0 Å². The molecule has 1 aromatic carbocycles. The van der Waals surface area contributed by atoms with Crippen molar-refractivity contribution in [2.24, 2.45) is 0 Å². The van der Waals surface area contributed by atoms with E-state index < -0.39 is 0 Å². The Balaban J connectivity index is 0.000000980. The summed E-state index contributed by atoms with van der Waals surface area (Å²) in [5.41, 5.74) is 1.99. The third-order valence-corrected chi connectivity index (χ3v) is 1.81. The molecular weight excluding hydrogens is 189 g/mol. The first-order valence-electron chi connectivity index (χ1n) is 3.96. The quantitative estimate of drug-likeness (QED) is 0.415. The van der Waals surface area contributed by atoms with E-state index in [2.05, 4.69) is 4.98 Å². The largest absolute Gasteiger partial charge is 1.00 e. The van der Waals surface area contributed by atoms with Gasteiger partial charge in [0, 0.05) is 0 Å². The molecule has 2 rings (SSSR count). The van der Waals surface area contributed by atoms with Crippen molar-refractivity contribution in [1.82, 2.24) is 4.98 Å². The fourth-order valence-corrected chi connectivity index (χ4v) is 1.09. The van der Waals surface area contributed by atoms with Crippen LogP contribution in [0.4, 0.5) is 0 Å². The summed E-state index contributed by atoms with van der Waals surface area (Å²) in [6, 6.07) is 7.42. The molecule has 14 heavy (non-hydrogen) atoms. The smallest absolute Gasteiger partial charge is 0.878 e. The zero-order valence-electron chi connectivity index (χ0n) is 8.15. The molecule has 0 unspecified atom stereocenters. The predicted octanol–water partition coefficient (Wildman–Crippen LogP) is -1.45. The zero-order chi connectivity index (χ0) is 9.26. The summed E-state index contributed by atoms with van der Waals surface area (Å²) in [4.78, 5) is 4.15. The molecule has 0 aliphatic heterocycles. The van der Waals surface area contributed by atoms with Crippen molar-refractivity contribution in [2.45, 2.75) is 6.92 Å². The van der Waals surface area contributed by atoms with Crippen molar-refractivity contribution in [3.63, 3.8) is 0 Å². The molecular formula is C10H8NNaO2. The first kappa shape index (κ1) is 11.3. The minimum Gasteiger partial charge on any atom is -0.878 e. The van der Waals surface area contributed by atoms with E-state index in [0.717, 1.165) is 11.8 Å². The molecule has 0 atom stereocenters. The van der Waals surface area contributed by atoms with Gasteiger partial charge in [-0.3, -0.25) is 0 Å². The Kier molecular flexibility index (Phi) is 3.75. The van der Waals surface area contributed by atoms with E-state index >= 15 is 0 Å². The topological polar surface area (TPSA) is 49.1 Å². The van der Waals surface area contributed by atoms with Crippen molar-refractivity contribution in [3.05, 3.63) is 36.4 Å². The molecule has 0 aliphatic carbocycles. The summed E-state index contributed by atoms with van der Waals surface area (Å²) in [5, 5.41) is 10.4. The summed E-state index contributed by atoms with van der Waals surface area (Å²) in [6.07, 6.45) is 0.741. The predicted molar refractivity (Wildman–Crippen MR) is 47.7 cm³/mol. The molecule has 1 aromatic heterocycles. The minimum absolute atomic E-state index is 0. The van der Waals surface area contributed by atoms with Crippen LogP contribution in [0.1, 0.15) is 12.8 Å². The molecule has 0 bridgehead atoms. The number of aromatic nitrogens is 1. The monoisotopic (exact) mass is 197 g/mol. The van der Waals surface area contributed by atoms with Crippen LogP contribution in [0, 0.1) is 0 Å². The standard InChI is InChI=1S/C10H9NO2.Na/c1-7(6-12)10-11-8-4-2-3-5-9(8)13-10;/h2-6,12H,1H3;/q;+1/p-1/b7-6+;. The Bertz CT molecular complexity index is 429. The van der Waals surface area contributed by atoms with Crippen LogP contribution >= 0.6 is 0 Å². The van der Waals surface area contributed by atoms with Crippen molar-refractivity contribution in [2.75, 3.05) is 0 Å². The van der Waals surface area contributed by atoms with Gasteiger partial charge in [0.2, 0.25) is 5.89 Å². The van der Waals surface area contributed by atoms with Gasteiger partial charge in [0.15, 0.2) is 5.58 Å². The average molecular weight is 197 g/mol. The van der Waals surface area contributed by atoms with Crippen LogP contribution in [0.15, 0.2) is 34.9 Å². The van der Waals surface area contributed by atoms with Gasteiger partial charge in [-0.15, -0.1) is 6.26 Å². The van der Waals surface area contributed by atoms with Gasteiger partial charge in [-0.25, -0.2) is 4.98 Å². The van der Waals surface area contributed by atoms with Crippen LogP contribution in [0.5, 0.6) is 0 Å². The molecule has 0 spiro atoms. The van der Waals surface area contributed by atoms with E-state index in [1.807, 2.05) is 24.3 Å². The first-order chi connectivity index (χ1) is 6.31. The number of rotatable bonds is 1. The van der Waals surface area contributed by atoms with Gasteiger partial charge < -0.3 is 9.52 Å². The number of hydrogen-bond donors (Lipinski definition) is 0. The Morgan fingerprint density at radius 2 is 2.14 bits per heavy atom. The molecule has 0 N–H and O–H groups in total. The maximum absolute atomic E-state index is 10.4. The maximum Gasteiger partial charge on any atom is 1.00 e. The Hall–Kier alpha value is -0.770. The van der Waals surface area contributed by atoms with Gasteiger partial charge in [0.05, 0.1) is 0 Å². The fourth-order valence-electron chi connectivity index (χ4n) is 1.09. The van der Waals surface area contributed by atoms with Gasteiger partial charge >= 0.3 is 29.6 Å². The summed E-state index contributed by atoms with van der Waals surface area (Å²) < 4.78 is 5.34. The van der Waals surface area contributed by atoms with Crippen molar-refractivity contribution in [3.8, 4) is 0 Å². The molecule has 66 valence electrons. The number of allylic oxidation sites excluding steroid dienone is 1. The van der Waals surface area contributed by atoms with E-state index in [1.165, 1.54) is 0 Å². The van der Waals surface area contributed by atoms with E-state index in [9.17, 15) is 5.11 Å². The number of oxazole rings is 1. The van der Waals surface area contributed by atoms with Crippen LogP contribution in [-0.2, 0) is 0 Å². The number of nitrogens with zero attached hydrogens (tertiary/aromatic N) is 1. The molecule has 0 aliphatic rings. The van der Waals surface area contributed by atoms with Crippen molar-refractivity contribution >= 4 is 16.7 Å². The third kappa shape index (κ3) is 2.00. The second-order valence-electron chi connectivity index (χ2n) is 2.79. The van der Waals surface area contributed by atoms with Gasteiger partial charge in [-0.05, 0) is 24.6 Å². The molecule has 1 heterocycles. The summed E-state index contributed by atoms with van der Waals surface area (Å²) in [7, 11) is 0. The van der Waals surface area contributed by atoms with Crippen LogP contribution in [0.2, 0.25) is 0 Å². The molecule has 0 amide bonds. The molecule has 4 heteroatoms. The molecule has 0 radical (unpaired) electrons. The molecule has 3 nitrogen and oxygen atoms in total. The molecule has 0 fully saturated rings. The first-order valence-corrected chi connectivity index (χ1v) is 3.96. The van der Waals surface area contributed by atoms with Gasteiger partial charge in [-0.1, -0.05) is 12.1 Å². The number of fused-ring (bicyclic) bond motifs is 1. The Labute approximate surface area is 104 Å². The third-order valence-electron chi connectivity index (χ3n) is 1.81. The van der Waals surface area contributed by atoms with Gasteiger partial charge in [-0.2, -0.15) is 0 Å². The Morgan fingerprint density at radius 3 is 2.79 bits per heavy atom. The number of para-hydroxylation sites is 2. The minimum atomic E-state index is 0. The van der Waals surface area contributed by atoms with Crippen LogP contribution < -0.4 is 34.7 Å². The van der Waals surface area contributed by atoms with Gasteiger partial charge in [0.1, 0.15) is 5.52 Å². The summed E-state index contributed by atoms with van der Waals surface area (Å²) in [6.45, 7) is 1.68. The molecule has 0 saturated heterocycles. The Morgan fingerprint density at radius 1 is 1.43 bits per heavy atom. The molecule has 0 saturated carbocycles. The normalized spacial score (nSPS) is 11.4. The maximum atomic E-state index is 10.4.